The quantitative estimate of drug-likeness (QED) is 0.204. The second-order valence-electron chi connectivity index (χ2n) is 7.23. The van der Waals surface area contributed by atoms with Crippen molar-refractivity contribution >= 4 is 29.9 Å². The van der Waals surface area contributed by atoms with Crippen LogP contribution in [0.3, 0.4) is 0 Å². The van der Waals surface area contributed by atoms with Gasteiger partial charge in [0.25, 0.3) is 0 Å². The fourth-order valence-corrected chi connectivity index (χ4v) is 3.11. The van der Waals surface area contributed by atoms with Gasteiger partial charge < -0.3 is 20.1 Å². The maximum absolute atomic E-state index is 12.9. The molecule has 30 heavy (non-hydrogen) atoms. The normalized spacial score (nSPS) is 16.6. The lowest BCUT2D eigenvalue weighted by atomic mass is 10.0. The van der Waals surface area contributed by atoms with E-state index in [1.54, 1.807) is 6.07 Å². The first-order valence-corrected chi connectivity index (χ1v) is 10.3. The van der Waals surface area contributed by atoms with Crippen molar-refractivity contribution in [2.24, 2.45) is 10.9 Å². The summed E-state index contributed by atoms with van der Waals surface area (Å²) < 4.78 is 49.9. The number of hydrogen-bond donors (Lipinski definition) is 2. The van der Waals surface area contributed by atoms with Crippen LogP contribution in [-0.4, -0.2) is 45.5 Å². The Morgan fingerprint density at radius 3 is 2.70 bits per heavy atom. The van der Waals surface area contributed by atoms with Crippen LogP contribution in [0, 0.1) is 5.92 Å². The molecule has 2 N–H and O–H groups in total. The van der Waals surface area contributed by atoms with E-state index >= 15 is 0 Å². The highest BCUT2D eigenvalue weighted by molar-refractivity contribution is 14.0. The van der Waals surface area contributed by atoms with Gasteiger partial charge in [0.15, 0.2) is 5.96 Å². The molecule has 1 aromatic carbocycles. The number of nitrogens with one attached hydrogen (secondary N) is 2. The SMILES string of the molecule is CCNC(=NCCCOCC1CCOCC1)NC(C)c1cccc(C(F)(F)F)c1.I. The molecule has 0 aromatic heterocycles. The molecule has 9 heteroatoms. The Bertz CT molecular complexity index is 638. The molecular formula is C21H33F3IN3O2. The average Bonchev–Trinajstić information content (AvgIpc) is 2.71. The molecule has 1 aliphatic rings. The number of guanidine groups is 1. The third-order valence-electron chi connectivity index (χ3n) is 4.82. The highest BCUT2D eigenvalue weighted by Crippen LogP contribution is 2.30. The summed E-state index contributed by atoms with van der Waals surface area (Å²) in [4.78, 5) is 4.51. The van der Waals surface area contributed by atoms with E-state index in [4.69, 9.17) is 9.47 Å². The zero-order valence-electron chi connectivity index (χ0n) is 17.6. The lowest BCUT2D eigenvalue weighted by Crippen LogP contribution is -2.38. The fraction of sp³-hybridized carbons (Fsp3) is 0.667. The summed E-state index contributed by atoms with van der Waals surface area (Å²) in [5.41, 5.74) is -0.0857. The van der Waals surface area contributed by atoms with Crippen LogP contribution in [0.5, 0.6) is 0 Å². The molecule has 1 saturated heterocycles. The smallest absolute Gasteiger partial charge is 0.381 e. The molecule has 1 atom stereocenters. The number of ether oxygens (including phenoxy) is 2. The molecule has 1 fully saturated rings. The van der Waals surface area contributed by atoms with Gasteiger partial charge in [-0.3, -0.25) is 4.99 Å². The fourth-order valence-electron chi connectivity index (χ4n) is 3.11. The van der Waals surface area contributed by atoms with Crippen LogP contribution in [0.15, 0.2) is 29.3 Å². The van der Waals surface area contributed by atoms with E-state index in [2.05, 4.69) is 15.6 Å². The Morgan fingerprint density at radius 2 is 2.03 bits per heavy atom. The third kappa shape index (κ3) is 9.82. The Morgan fingerprint density at radius 1 is 1.30 bits per heavy atom. The van der Waals surface area contributed by atoms with Gasteiger partial charge in [-0.2, -0.15) is 13.2 Å². The predicted octanol–water partition coefficient (Wildman–Crippen LogP) is 4.77. The number of aliphatic imine (C=N–C) groups is 1. The van der Waals surface area contributed by atoms with Crippen molar-refractivity contribution in [3.8, 4) is 0 Å². The molecule has 0 spiro atoms. The highest BCUT2D eigenvalue weighted by Gasteiger charge is 2.30. The first-order valence-electron chi connectivity index (χ1n) is 10.3. The molecule has 1 aromatic rings. The maximum atomic E-state index is 12.9. The minimum absolute atomic E-state index is 0. The lowest BCUT2D eigenvalue weighted by Gasteiger charge is -2.21. The van der Waals surface area contributed by atoms with Crippen molar-refractivity contribution in [1.82, 2.24) is 10.6 Å². The molecule has 5 nitrogen and oxygen atoms in total. The number of benzene rings is 1. The minimum Gasteiger partial charge on any atom is -0.381 e. The van der Waals surface area contributed by atoms with Crippen LogP contribution in [0.1, 0.15) is 50.3 Å². The zero-order valence-corrected chi connectivity index (χ0v) is 20.0. The van der Waals surface area contributed by atoms with E-state index in [0.29, 0.717) is 37.1 Å². The topological polar surface area (TPSA) is 54.9 Å². The largest absolute Gasteiger partial charge is 0.416 e. The van der Waals surface area contributed by atoms with Gasteiger partial charge in [-0.1, -0.05) is 12.1 Å². The van der Waals surface area contributed by atoms with Gasteiger partial charge in [-0.15, -0.1) is 24.0 Å². The van der Waals surface area contributed by atoms with Gasteiger partial charge in [0.2, 0.25) is 0 Å². The van der Waals surface area contributed by atoms with Gasteiger partial charge >= 0.3 is 6.18 Å². The predicted molar refractivity (Wildman–Crippen MR) is 123 cm³/mol. The Hall–Kier alpha value is -1.07. The van der Waals surface area contributed by atoms with E-state index < -0.39 is 11.7 Å². The monoisotopic (exact) mass is 543 g/mol. The van der Waals surface area contributed by atoms with Gasteiger partial charge in [0, 0.05) is 39.5 Å². The average molecular weight is 543 g/mol. The van der Waals surface area contributed by atoms with Crippen LogP contribution in [0.4, 0.5) is 13.2 Å². The molecule has 2 rings (SSSR count). The van der Waals surface area contributed by atoms with Crippen LogP contribution in [0.25, 0.3) is 0 Å². The first kappa shape index (κ1) is 27.0. The molecule has 0 bridgehead atoms. The Kier molecular flexibility index (Phi) is 12.7. The summed E-state index contributed by atoms with van der Waals surface area (Å²) >= 11 is 0. The molecular weight excluding hydrogens is 510 g/mol. The molecule has 0 amide bonds. The third-order valence-corrected chi connectivity index (χ3v) is 4.82. The second-order valence-corrected chi connectivity index (χ2v) is 7.23. The second kappa shape index (κ2) is 14.1. The van der Waals surface area contributed by atoms with Crippen molar-refractivity contribution < 1.29 is 22.6 Å². The molecule has 0 saturated carbocycles. The van der Waals surface area contributed by atoms with E-state index in [1.807, 2.05) is 13.8 Å². The summed E-state index contributed by atoms with van der Waals surface area (Å²) in [6.07, 6.45) is -1.45. The molecule has 1 unspecified atom stereocenters. The number of nitrogens with zero attached hydrogens (tertiary/aromatic N) is 1. The van der Waals surface area contributed by atoms with Crippen molar-refractivity contribution in [3.63, 3.8) is 0 Å². The summed E-state index contributed by atoms with van der Waals surface area (Å²) in [5, 5.41) is 6.30. The molecule has 0 radical (unpaired) electrons. The standard InChI is InChI=1S/C21H32F3N3O2.HI/c1-3-25-20(26-10-5-11-29-15-17-8-12-28-13-9-17)27-16(2)18-6-4-7-19(14-18)21(22,23)24;/h4,6-7,14,16-17H,3,5,8-13,15H2,1-2H3,(H2,25,26,27);1H. The number of alkyl halides is 3. The summed E-state index contributed by atoms with van der Waals surface area (Å²) in [7, 11) is 0. The van der Waals surface area contributed by atoms with Crippen molar-refractivity contribution in [3.05, 3.63) is 35.4 Å². The zero-order chi connectivity index (χ0) is 21.1. The van der Waals surface area contributed by atoms with Crippen molar-refractivity contribution in [1.29, 1.82) is 0 Å². The van der Waals surface area contributed by atoms with Crippen LogP contribution >= 0.6 is 24.0 Å². The lowest BCUT2D eigenvalue weighted by molar-refractivity contribution is -0.137. The van der Waals surface area contributed by atoms with E-state index in [0.717, 1.165) is 45.1 Å². The minimum atomic E-state index is -4.35. The van der Waals surface area contributed by atoms with Gasteiger partial charge in [-0.05, 0) is 56.7 Å². The van der Waals surface area contributed by atoms with Crippen LogP contribution < -0.4 is 10.6 Å². The summed E-state index contributed by atoms with van der Waals surface area (Å²) in [6, 6.07) is 5.05. The molecule has 1 heterocycles. The van der Waals surface area contributed by atoms with Gasteiger partial charge in [-0.25, -0.2) is 0 Å². The van der Waals surface area contributed by atoms with E-state index in [9.17, 15) is 13.2 Å². The molecule has 0 aliphatic carbocycles. The van der Waals surface area contributed by atoms with Gasteiger partial charge in [0.1, 0.15) is 0 Å². The number of halogens is 4. The van der Waals surface area contributed by atoms with Crippen molar-refractivity contribution in [2.75, 3.05) is 39.5 Å². The first-order chi connectivity index (χ1) is 13.9. The number of rotatable bonds is 9. The Labute approximate surface area is 194 Å². The van der Waals surface area contributed by atoms with E-state index in [1.165, 1.54) is 12.1 Å². The summed E-state index contributed by atoms with van der Waals surface area (Å²) in [6.45, 7) is 8.06. The maximum Gasteiger partial charge on any atom is 0.416 e. The van der Waals surface area contributed by atoms with Crippen molar-refractivity contribution in [2.45, 2.75) is 45.3 Å². The van der Waals surface area contributed by atoms with E-state index in [-0.39, 0.29) is 30.0 Å². The molecule has 172 valence electrons. The molecule has 1 aliphatic heterocycles. The number of hydrogen-bond acceptors (Lipinski definition) is 3. The van der Waals surface area contributed by atoms with Gasteiger partial charge in [0.05, 0.1) is 11.6 Å². The van der Waals surface area contributed by atoms with Crippen LogP contribution in [-0.2, 0) is 15.7 Å². The summed E-state index contributed by atoms with van der Waals surface area (Å²) in [5.74, 6) is 1.17. The highest BCUT2D eigenvalue weighted by atomic mass is 127. The Balaban J connectivity index is 0.00000450. The van der Waals surface area contributed by atoms with Crippen LogP contribution in [0.2, 0.25) is 0 Å².